The Morgan fingerprint density at radius 1 is 1.12 bits per heavy atom. The lowest BCUT2D eigenvalue weighted by molar-refractivity contribution is -0.163. The van der Waals surface area contributed by atoms with Crippen LogP contribution in [0.4, 0.5) is 13.2 Å². The Balaban J connectivity index is 1.81. The molecule has 1 aliphatic carbocycles. The fourth-order valence-corrected chi connectivity index (χ4v) is 3.76. The summed E-state index contributed by atoms with van der Waals surface area (Å²) >= 11 is 0. The van der Waals surface area contributed by atoms with Gasteiger partial charge in [-0.3, -0.25) is 14.6 Å². The SMILES string of the molecule is CC(C)CN(CC(F)(F)F)C(=O)CN1CCN(C2CCCC2)CC1. The molecule has 0 bridgehead atoms. The smallest absolute Gasteiger partial charge is 0.332 e. The molecular formula is C17H30F3N3O. The van der Waals surface area contributed by atoms with Crippen molar-refractivity contribution in [3.8, 4) is 0 Å². The van der Waals surface area contributed by atoms with Crippen molar-refractivity contribution in [2.24, 2.45) is 5.92 Å². The standard InChI is InChI=1S/C17H30F3N3O/c1-14(2)11-23(13-17(18,19)20)16(24)12-21-7-9-22(10-8-21)15-5-3-4-6-15/h14-15H,3-13H2,1-2H3. The lowest BCUT2D eigenvalue weighted by atomic mass is 10.1. The second kappa shape index (κ2) is 8.52. The molecule has 0 radical (unpaired) electrons. The van der Waals surface area contributed by atoms with Gasteiger partial charge in [-0.1, -0.05) is 26.7 Å². The van der Waals surface area contributed by atoms with Crippen molar-refractivity contribution in [3.63, 3.8) is 0 Å². The first kappa shape index (κ1) is 19.5. The fraction of sp³-hybridized carbons (Fsp3) is 0.941. The highest BCUT2D eigenvalue weighted by molar-refractivity contribution is 5.78. The summed E-state index contributed by atoms with van der Waals surface area (Å²) in [7, 11) is 0. The summed E-state index contributed by atoms with van der Waals surface area (Å²) in [6.07, 6.45) is 0.765. The quantitative estimate of drug-likeness (QED) is 0.737. The maximum absolute atomic E-state index is 12.7. The third-order valence-electron chi connectivity index (χ3n) is 4.92. The molecule has 7 heteroatoms. The van der Waals surface area contributed by atoms with E-state index >= 15 is 0 Å². The first-order chi connectivity index (χ1) is 11.2. The number of carbonyl (C=O) groups is 1. The number of hydrogen-bond acceptors (Lipinski definition) is 3. The maximum atomic E-state index is 12.7. The third-order valence-corrected chi connectivity index (χ3v) is 4.92. The van der Waals surface area contributed by atoms with Crippen LogP contribution in [0.1, 0.15) is 39.5 Å². The molecule has 0 aromatic rings. The number of carbonyl (C=O) groups excluding carboxylic acids is 1. The van der Waals surface area contributed by atoms with Gasteiger partial charge in [-0.25, -0.2) is 0 Å². The van der Waals surface area contributed by atoms with Crippen LogP contribution in [-0.4, -0.2) is 78.6 Å². The molecule has 2 aliphatic rings. The monoisotopic (exact) mass is 349 g/mol. The molecule has 1 saturated heterocycles. The van der Waals surface area contributed by atoms with Crippen LogP contribution in [0.2, 0.25) is 0 Å². The van der Waals surface area contributed by atoms with Gasteiger partial charge in [-0.05, 0) is 18.8 Å². The maximum Gasteiger partial charge on any atom is 0.406 e. The van der Waals surface area contributed by atoms with Crippen molar-refractivity contribution in [2.75, 3.05) is 45.8 Å². The molecular weight excluding hydrogens is 319 g/mol. The van der Waals surface area contributed by atoms with Crippen LogP contribution < -0.4 is 0 Å². The first-order valence-corrected chi connectivity index (χ1v) is 9.05. The Labute approximate surface area is 143 Å². The lowest BCUT2D eigenvalue weighted by Crippen LogP contribution is -2.53. The van der Waals surface area contributed by atoms with Crippen molar-refractivity contribution >= 4 is 5.91 Å². The molecule has 2 rings (SSSR count). The molecule has 0 spiro atoms. The normalized spacial score (nSPS) is 21.6. The Morgan fingerprint density at radius 3 is 2.21 bits per heavy atom. The van der Waals surface area contributed by atoms with Crippen LogP contribution in [-0.2, 0) is 4.79 Å². The van der Waals surface area contributed by atoms with E-state index in [0.717, 1.165) is 31.1 Å². The number of amides is 1. The summed E-state index contributed by atoms with van der Waals surface area (Å²) in [5.41, 5.74) is 0. The molecule has 0 N–H and O–H groups in total. The predicted octanol–water partition coefficient (Wildman–Crippen LogP) is 2.59. The first-order valence-electron chi connectivity index (χ1n) is 9.05. The third kappa shape index (κ3) is 6.24. The van der Waals surface area contributed by atoms with Crippen LogP contribution in [0, 0.1) is 5.92 Å². The molecule has 1 aliphatic heterocycles. The summed E-state index contributed by atoms with van der Waals surface area (Å²) in [5, 5.41) is 0. The zero-order chi connectivity index (χ0) is 17.7. The molecule has 140 valence electrons. The highest BCUT2D eigenvalue weighted by Gasteiger charge is 2.34. The van der Waals surface area contributed by atoms with E-state index in [1.54, 1.807) is 0 Å². The van der Waals surface area contributed by atoms with E-state index in [1.807, 2.05) is 18.7 Å². The van der Waals surface area contributed by atoms with E-state index in [4.69, 9.17) is 0 Å². The highest BCUT2D eigenvalue weighted by atomic mass is 19.4. The zero-order valence-corrected chi connectivity index (χ0v) is 14.8. The van der Waals surface area contributed by atoms with Crippen LogP contribution in [0.5, 0.6) is 0 Å². The van der Waals surface area contributed by atoms with Crippen molar-refractivity contribution in [1.82, 2.24) is 14.7 Å². The van der Waals surface area contributed by atoms with Crippen molar-refractivity contribution < 1.29 is 18.0 Å². The average molecular weight is 349 g/mol. The molecule has 1 heterocycles. The fourth-order valence-electron chi connectivity index (χ4n) is 3.76. The van der Waals surface area contributed by atoms with Crippen LogP contribution in [0.3, 0.4) is 0 Å². The number of piperazine rings is 1. The second-order valence-electron chi connectivity index (χ2n) is 7.53. The van der Waals surface area contributed by atoms with Gasteiger partial charge >= 0.3 is 6.18 Å². The molecule has 0 atom stereocenters. The summed E-state index contributed by atoms with van der Waals surface area (Å²) in [4.78, 5) is 17.8. The van der Waals surface area contributed by atoms with Gasteiger partial charge in [0, 0.05) is 38.8 Å². The van der Waals surface area contributed by atoms with E-state index < -0.39 is 18.6 Å². The van der Waals surface area contributed by atoms with Gasteiger partial charge in [-0.2, -0.15) is 13.2 Å². The van der Waals surface area contributed by atoms with Crippen molar-refractivity contribution in [3.05, 3.63) is 0 Å². The summed E-state index contributed by atoms with van der Waals surface area (Å²) in [6.45, 7) is 6.14. The Bertz CT molecular complexity index is 400. The minimum absolute atomic E-state index is 0.0236. The van der Waals surface area contributed by atoms with Gasteiger partial charge in [-0.15, -0.1) is 0 Å². The largest absolute Gasteiger partial charge is 0.406 e. The summed E-state index contributed by atoms with van der Waals surface area (Å²) < 4.78 is 38.1. The van der Waals surface area contributed by atoms with Crippen LogP contribution in [0.15, 0.2) is 0 Å². The van der Waals surface area contributed by atoms with Gasteiger partial charge < -0.3 is 4.90 Å². The molecule has 4 nitrogen and oxygen atoms in total. The van der Waals surface area contributed by atoms with Gasteiger partial charge in [0.15, 0.2) is 0 Å². The van der Waals surface area contributed by atoms with Gasteiger partial charge in [0.2, 0.25) is 5.91 Å². The Kier molecular flexibility index (Phi) is 6.92. The summed E-state index contributed by atoms with van der Waals surface area (Å²) in [6, 6.07) is 0.672. The minimum Gasteiger partial charge on any atom is -0.332 e. The molecule has 0 unspecified atom stereocenters. The van der Waals surface area contributed by atoms with Crippen LogP contribution >= 0.6 is 0 Å². The predicted molar refractivity (Wildman–Crippen MR) is 87.7 cm³/mol. The number of nitrogens with zero attached hydrogens (tertiary/aromatic N) is 3. The molecule has 1 saturated carbocycles. The molecule has 0 aromatic heterocycles. The lowest BCUT2D eigenvalue weighted by Gasteiger charge is -2.38. The van der Waals surface area contributed by atoms with Crippen molar-refractivity contribution in [1.29, 1.82) is 0 Å². The van der Waals surface area contributed by atoms with Crippen molar-refractivity contribution in [2.45, 2.75) is 51.7 Å². The Morgan fingerprint density at radius 2 is 1.71 bits per heavy atom. The number of hydrogen-bond donors (Lipinski definition) is 0. The van der Waals surface area contributed by atoms with E-state index in [0.29, 0.717) is 6.04 Å². The van der Waals surface area contributed by atoms with E-state index in [-0.39, 0.29) is 19.0 Å². The zero-order valence-electron chi connectivity index (χ0n) is 14.8. The average Bonchev–Trinajstić information content (AvgIpc) is 2.99. The summed E-state index contributed by atoms with van der Waals surface area (Å²) in [5.74, 6) is -0.383. The highest BCUT2D eigenvalue weighted by Crippen LogP contribution is 2.24. The Hall–Kier alpha value is -0.820. The van der Waals surface area contributed by atoms with Gasteiger partial charge in [0.1, 0.15) is 6.54 Å². The molecule has 24 heavy (non-hydrogen) atoms. The van der Waals surface area contributed by atoms with E-state index in [9.17, 15) is 18.0 Å². The van der Waals surface area contributed by atoms with Gasteiger partial charge in [0.25, 0.3) is 0 Å². The second-order valence-corrected chi connectivity index (χ2v) is 7.53. The van der Waals surface area contributed by atoms with E-state index in [1.165, 1.54) is 25.7 Å². The number of halogens is 3. The number of alkyl halides is 3. The van der Waals surface area contributed by atoms with E-state index in [2.05, 4.69) is 4.90 Å². The minimum atomic E-state index is -4.34. The number of rotatable bonds is 6. The molecule has 0 aromatic carbocycles. The molecule has 1 amide bonds. The van der Waals surface area contributed by atoms with Crippen LogP contribution in [0.25, 0.3) is 0 Å². The van der Waals surface area contributed by atoms with Gasteiger partial charge in [0.05, 0.1) is 6.54 Å². The topological polar surface area (TPSA) is 26.8 Å². The molecule has 2 fully saturated rings.